The van der Waals surface area contributed by atoms with Crippen LogP contribution in [0.25, 0.3) is 0 Å². The van der Waals surface area contributed by atoms with Gasteiger partial charge in [-0.3, -0.25) is 4.79 Å². The minimum Gasteiger partial charge on any atom is -0.445 e. The van der Waals surface area contributed by atoms with Gasteiger partial charge in [0.2, 0.25) is 0 Å². The van der Waals surface area contributed by atoms with Gasteiger partial charge >= 0.3 is 6.09 Å². The molecule has 0 saturated carbocycles. The second-order valence-corrected chi connectivity index (χ2v) is 9.81. The number of ether oxygens (including phenoxy) is 1. The van der Waals surface area contributed by atoms with Gasteiger partial charge in [0.05, 0.1) is 6.04 Å². The number of hydrogen-bond acceptors (Lipinski definition) is 3. The van der Waals surface area contributed by atoms with E-state index in [4.69, 9.17) is 4.74 Å². The summed E-state index contributed by atoms with van der Waals surface area (Å²) in [7, 11) is 0. The van der Waals surface area contributed by atoms with Crippen LogP contribution in [0.2, 0.25) is 0 Å². The Morgan fingerprint density at radius 2 is 1.45 bits per heavy atom. The smallest absolute Gasteiger partial charge is 0.408 e. The molecule has 0 spiro atoms. The molecule has 0 unspecified atom stereocenters. The molecule has 4 nitrogen and oxygen atoms in total. The van der Waals surface area contributed by atoms with Crippen LogP contribution in [0.4, 0.5) is 4.79 Å². The largest absolute Gasteiger partial charge is 0.445 e. The van der Waals surface area contributed by atoms with Crippen molar-refractivity contribution in [1.82, 2.24) is 5.32 Å². The maximum absolute atomic E-state index is 13.3. The van der Waals surface area contributed by atoms with E-state index in [9.17, 15) is 9.59 Å². The molecule has 0 heterocycles. The van der Waals surface area contributed by atoms with Crippen molar-refractivity contribution in [3.63, 3.8) is 0 Å². The molecule has 0 aliphatic heterocycles. The van der Waals surface area contributed by atoms with E-state index in [-0.39, 0.29) is 23.7 Å². The van der Waals surface area contributed by atoms with E-state index in [0.717, 1.165) is 17.5 Å². The molecule has 4 heteroatoms. The predicted octanol–water partition coefficient (Wildman–Crippen LogP) is 6.19. The minimum absolute atomic E-state index is 0.0189. The summed E-state index contributed by atoms with van der Waals surface area (Å²) < 4.78 is 5.38. The minimum atomic E-state index is -0.609. The van der Waals surface area contributed by atoms with Gasteiger partial charge in [-0.05, 0) is 41.2 Å². The molecule has 2 aromatic rings. The molecule has 2 atom stereocenters. The number of carbonyl (C=O) groups excluding carboxylic acids is 2. The van der Waals surface area contributed by atoms with Crippen LogP contribution in [-0.4, -0.2) is 17.9 Å². The number of hydrogen-bond donors (Lipinski definition) is 1. The Bertz CT molecular complexity index is 809. The Hall–Kier alpha value is -2.62. The van der Waals surface area contributed by atoms with E-state index in [1.54, 1.807) is 0 Å². The van der Waals surface area contributed by atoms with Gasteiger partial charge in [-0.2, -0.15) is 0 Å². The maximum Gasteiger partial charge on any atom is 0.408 e. The van der Waals surface area contributed by atoms with Crippen LogP contribution in [0.1, 0.15) is 58.6 Å². The summed E-state index contributed by atoms with van der Waals surface area (Å²) in [6.45, 7) is 11.1. The average Bonchev–Trinajstić information content (AvgIpc) is 2.72. The van der Waals surface area contributed by atoms with Crippen LogP contribution >= 0.6 is 0 Å². The van der Waals surface area contributed by atoms with Crippen molar-refractivity contribution < 1.29 is 14.3 Å². The number of ketones is 1. The number of Topliss-reactive ketones (excluding diaryl/α,β-unsaturated/α-hetero) is 1. The van der Waals surface area contributed by atoms with E-state index in [0.29, 0.717) is 18.8 Å². The number of benzene rings is 2. The Balaban J connectivity index is 2.09. The van der Waals surface area contributed by atoms with Gasteiger partial charge in [0.1, 0.15) is 6.61 Å². The van der Waals surface area contributed by atoms with E-state index >= 15 is 0 Å². The summed E-state index contributed by atoms with van der Waals surface area (Å²) >= 11 is 0. The molecular weight excluding hydrogens is 386 g/mol. The third kappa shape index (κ3) is 8.95. The van der Waals surface area contributed by atoms with Crippen LogP contribution in [0, 0.1) is 17.3 Å². The van der Waals surface area contributed by atoms with Crippen molar-refractivity contribution in [2.24, 2.45) is 17.3 Å². The van der Waals surface area contributed by atoms with E-state index in [1.165, 1.54) is 0 Å². The Morgan fingerprint density at radius 3 is 1.97 bits per heavy atom. The zero-order chi connectivity index (χ0) is 22.9. The second-order valence-electron chi connectivity index (χ2n) is 9.81. The molecule has 0 aromatic heterocycles. The SMILES string of the molecule is CC(C)C[C@H](CC(=O)[C@H](Cc1ccccc1)NC(=O)OCc1ccccc1)C(C)(C)C. The predicted molar refractivity (Wildman–Crippen MR) is 126 cm³/mol. The van der Waals surface area contributed by atoms with Crippen molar-refractivity contribution in [1.29, 1.82) is 0 Å². The highest BCUT2D eigenvalue weighted by Crippen LogP contribution is 2.34. The van der Waals surface area contributed by atoms with Gasteiger partial charge in [-0.1, -0.05) is 95.3 Å². The highest BCUT2D eigenvalue weighted by Gasteiger charge is 2.31. The van der Waals surface area contributed by atoms with E-state index < -0.39 is 12.1 Å². The topological polar surface area (TPSA) is 55.4 Å². The first-order chi connectivity index (χ1) is 14.6. The zero-order valence-electron chi connectivity index (χ0n) is 19.6. The van der Waals surface area contributed by atoms with Crippen LogP contribution in [0.3, 0.4) is 0 Å². The molecule has 31 heavy (non-hydrogen) atoms. The lowest BCUT2D eigenvalue weighted by Gasteiger charge is -2.33. The average molecular weight is 424 g/mol. The number of carbonyl (C=O) groups is 2. The van der Waals surface area contributed by atoms with Crippen molar-refractivity contribution in [2.45, 2.75) is 66.5 Å². The molecule has 0 radical (unpaired) electrons. The lowest BCUT2D eigenvalue weighted by Crippen LogP contribution is -2.44. The molecule has 0 fully saturated rings. The normalized spacial score (nSPS) is 13.5. The van der Waals surface area contributed by atoms with Crippen molar-refractivity contribution >= 4 is 11.9 Å². The van der Waals surface area contributed by atoms with Crippen LogP contribution in [0.5, 0.6) is 0 Å². The molecule has 2 aromatic carbocycles. The van der Waals surface area contributed by atoms with Gasteiger partial charge in [0.15, 0.2) is 5.78 Å². The number of alkyl carbamates (subject to hydrolysis) is 1. The van der Waals surface area contributed by atoms with Gasteiger partial charge in [0.25, 0.3) is 0 Å². The second kappa shape index (κ2) is 11.7. The molecule has 1 N–H and O–H groups in total. The highest BCUT2D eigenvalue weighted by atomic mass is 16.5. The monoisotopic (exact) mass is 423 g/mol. The van der Waals surface area contributed by atoms with Gasteiger partial charge < -0.3 is 10.1 Å². The molecule has 0 bridgehead atoms. The third-order valence-corrected chi connectivity index (χ3v) is 5.60. The highest BCUT2D eigenvalue weighted by molar-refractivity contribution is 5.88. The standard InChI is InChI=1S/C27H37NO3/c1-20(2)16-23(27(3,4)5)18-25(29)24(17-21-12-8-6-9-13-21)28-26(30)31-19-22-14-10-7-11-15-22/h6-15,20,23-24H,16-19H2,1-5H3,(H,28,30)/t23-,24+/m1/s1. The first-order valence-corrected chi connectivity index (χ1v) is 11.2. The van der Waals surface area contributed by atoms with Crippen molar-refractivity contribution in [3.8, 4) is 0 Å². The summed E-state index contributed by atoms with van der Waals surface area (Å²) in [6, 6.07) is 18.7. The van der Waals surface area contributed by atoms with Crippen molar-refractivity contribution in [2.75, 3.05) is 0 Å². The fourth-order valence-corrected chi connectivity index (χ4v) is 3.70. The first kappa shape index (κ1) is 24.6. The molecular formula is C27H37NO3. The summed E-state index contributed by atoms with van der Waals surface area (Å²) in [5.74, 6) is 0.815. The summed E-state index contributed by atoms with van der Waals surface area (Å²) in [5.41, 5.74) is 1.94. The van der Waals surface area contributed by atoms with Gasteiger partial charge in [0, 0.05) is 6.42 Å². The van der Waals surface area contributed by atoms with E-state index in [1.807, 2.05) is 60.7 Å². The van der Waals surface area contributed by atoms with E-state index in [2.05, 4.69) is 39.9 Å². The lowest BCUT2D eigenvalue weighted by atomic mass is 9.73. The molecule has 0 saturated heterocycles. The number of rotatable bonds is 10. The molecule has 1 amide bonds. The zero-order valence-corrected chi connectivity index (χ0v) is 19.6. The first-order valence-electron chi connectivity index (χ1n) is 11.2. The van der Waals surface area contributed by atoms with Crippen LogP contribution < -0.4 is 5.32 Å². The summed E-state index contributed by atoms with van der Waals surface area (Å²) in [6.07, 6.45) is 1.32. The van der Waals surface area contributed by atoms with Gasteiger partial charge in [-0.25, -0.2) is 4.79 Å². The number of amides is 1. The Labute approximate surface area is 187 Å². The molecule has 2 rings (SSSR count). The quantitative estimate of drug-likeness (QED) is 0.495. The lowest BCUT2D eigenvalue weighted by molar-refractivity contribution is -0.123. The Kier molecular flexibility index (Phi) is 9.29. The molecule has 0 aliphatic carbocycles. The maximum atomic E-state index is 13.3. The molecule has 0 aliphatic rings. The summed E-state index contributed by atoms with van der Waals surface area (Å²) in [5, 5.41) is 2.83. The fraction of sp³-hybridized carbons (Fsp3) is 0.481. The van der Waals surface area contributed by atoms with Crippen molar-refractivity contribution in [3.05, 3.63) is 71.8 Å². The van der Waals surface area contributed by atoms with Gasteiger partial charge in [-0.15, -0.1) is 0 Å². The number of nitrogens with one attached hydrogen (secondary N) is 1. The van der Waals surface area contributed by atoms with Crippen LogP contribution in [-0.2, 0) is 22.6 Å². The molecule has 168 valence electrons. The third-order valence-electron chi connectivity index (χ3n) is 5.60. The Morgan fingerprint density at radius 1 is 0.903 bits per heavy atom. The fourth-order valence-electron chi connectivity index (χ4n) is 3.70. The summed E-state index contributed by atoms with van der Waals surface area (Å²) in [4.78, 5) is 25.8. The van der Waals surface area contributed by atoms with Crippen LogP contribution in [0.15, 0.2) is 60.7 Å².